The molecule has 4 saturated carbocycles. The van der Waals surface area contributed by atoms with Crippen LogP contribution in [0.3, 0.4) is 0 Å². The molecule has 0 aromatic rings. The molecule has 24 heavy (non-hydrogen) atoms. The highest BCUT2D eigenvalue weighted by Crippen LogP contribution is 2.60. The first kappa shape index (κ1) is 18.5. The summed E-state index contributed by atoms with van der Waals surface area (Å²) in [7, 11) is 0. The molecule has 0 saturated heterocycles. The third-order valence-electron chi connectivity index (χ3n) is 6.66. The van der Waals surface area contributed by atoms with Crippen LogP contribution in [-0.4, -0.2) is 41.6 Å². The van der Waals surface area contributed by atoms with E-state index in [1.165, 1.54) is 20.8 Å². The number of hydrogen-bond donors (Lipinski definition) is 2. The third-order valence-corrected chi connectivity index (χ3v) is 6.66. The van der Waals surface area contributed by atoms with Crippen molar-refractivity contribution in [2.75, 3.05) is 13.2 Å². The van der Waals surface area contributed by atoms with Gasteiger partial charge in [0, 0.05) is 11.8 Å². The van der Waals surface area contributed by atoms with Gasteiger partial charge in [-0.2, -0.15) is 0 Å². The number of ether oxygens (including phenoxy) is 1. The lowest BCUT2D eigenvalue weighted by Crippen LogP contribution is -2.55. The molecular formula is C19H32F2O3. The second kappa shape index (κ2) is 6.17. The Hall–Kier alpha value is -0.260. The predicted octanol–water partition coefficient (Wildman–Crippen LogP) is 3.62. The van der Waals surface area contributed by atoms with E-state index in [1.54, 1.807) is 0 Å². The van der Waals surface area contributed by atoms with Gasteiger partial charge in [0.1, 0.15) is 0 Å². The molecule has 3 atom stereocenters. The zero-order valence-electron chi connectivity index (χ0n) is 15.1. The predicted molar refractivity (Wildman–Crippen MR) is 87.8 cm³/mol. The highest BCUT2D eigenvalue weighted by Gasteiger charge is 2.55. The fourth-order valence-corrected chi connectivity index (χ4v) is 5.42. The standard InChI is InChI=1S/C19H32F2O3/c1-17(2,3)19(20,21)9-15(22)10-24-11-18-6-12-4-13(7-18)16(23)14(5-12)8-18/h12-16,22-23H,4-11H2,1-3H3. The van der Waals surface area contributed by atoms with Crippen LogP contribution in [0.4, 0.5) is 8.78 Å². The molecule has 3 unspecified atom stereocenters. The smallest absolute Gasteiger partial charge is 0.255 e. The largest absolute Gasteiger partial charge is 0.393 e. The van der Waals surface area contributed by atoms with E-state index in [-0.39, 0.29) is 18.1 Å². The lowest BCUT2D eigenvalue weighted by molar-refractivity contribution is -0.165. The van der Waals surface area contributed by atoms with Crippen LogP contribution in [0, 0.1) is 28.6 Å². The van der Waals surface area contributed by atoms with Crippen molar-refractivity contribution in [3.8, 4) is 0 Å². The number of hydrogen-bond acceptors (Lipinski definition) is 3. The van der Waals surface area contributed by atoms with E-state index in [1.807, 2.05) is 0 Å². The Morgan fingerprint density at radius 3 is 2.25 bits per heavy atom. The van der Waals surface area contributed by atoms with E-state index in [0.29, 0.717) is 24.4 Å². The Bertz CT molecular complexity index is 444. The Labute approximate surface area is 143 Å². The molecule has 3 nitrogen and oxygen atoms in total. The van der Waals surface area contributed by atoms with Crippen LogP contribution in [0.25, 0.3) is 0 Å². The molecule has 0 radical (unpaired) electrons. The van der Waals surface area contributed by atoms with Crippen LogP contribution in [0.2, 0.25) is 0 Å². The molecule has 0 heterocycles. The second-order valence-electron chi connectivity index (χ2n) is 9.79. The molecule has 0 aromatic carbocycles. The molecule has 0 aliphatic heterocycles. The van der Waals surface area contributed by atoms with E-state index in [9.17, 15) is 19.0 Å². The zero-order valence-corrected chi connectivity index (χ0v) is 15.1. The van der Waals surface area contributed by atoms with Gasteiger partial charge >= 0.3 is 0 Å². The number of alkyl halides is 2. The molecule has 4 rings (SSSR count). The van der Waals surface area contributed by atoms with Crippen LogP contribution in [-0.2, 0) is 4.74 Å². The van der Waals surface area contributed by atoms with Gasteiger partial charge in [0.15, 0.2) is 0 Å². The highest BCUT2D eigenvalue weighted by molar-refractivity contribution is 5.05. The minimum Gasteiger partial charge on any atom is -0.393 e. The Morgan fingerprint density at radius 2 is 1.71 bits per heavy atom. The van der Waals surface area contributed by atoms with Crippen molar-refractivity contribution >= 4 is 0 Å². The van der Waals surface area contributed by atoms with Crippen LogP contribution < -0.4 is 0 Å². The Kier molecular flexibility index (Phi) is 4.76. The summed E-state index contributed by atoms with van der Waals surface area (Å²) in [4.78, 5) is 0. The van der Waals surface area contributed by atoms with E-state index in [4.69, 9.17) is 4.74 Å². The van der Waals surface area contributed by atoms with Crippen molar-refractivity contribution in [2.24, 2.45) is 28.6 Å². The lowest BCUT2D eigenvalue weighted by Gasteiger charge is -2.58. The maximum absolute atomic E-state index is 14.0. The quantitative estimate of drug-likeness (QED) is 0.772. The minimum absolute atomic E-state index is 0.0318. The summed E-state index contributed by atoms with van der Waals surface area (Å²) >= 11 is 0. The Morgan fingerprint density at radius 1 is 1.12 bits per heavy atom. The lowest BCUT2D eigenvalue weighted by atomic mass is 9.49. The molecule has 4 aliphatic rings. The van der Waals surface area contributed by atoms with Crippen molar-refractivity contribution in [1.82, 2.24) is 0 Å². The number of halogens is 2. The van der Waals surface area contributed by atoms with Crippen LogP contribution in [0.15, 0.2) is 0 Å². The summed E-state index contributed by atoms with van der Waals surface area (Å²) in [5.74, 6) is -1.46. The molecule has 0 aromatic heterocycles. The van der Waals surface area contributed by atoms with E-state index < -0.39 is 23.9 Å². The molecule has 0 spiro atoms. The Balaban J connectivity index is 1.49. The summed E-state index contributed by atoms with van der Waals surface area (Å²) in [6.45, 7) is 4.96. The molecule has 5 heteroatoms. The average Bonchev–Trinajstić information content (AvgIpc) is 2.41. The van der Waals surface area contributed by atoms with Crippen LogP contribution in [0.1, 0.15) is 59.3 Å². The fourth-order valence-electron chi connectivity index (χ4n) is 5.42. The fraction of sp³-hybridized carbons (Fsp3) is 1.00. The normalized spacial score (nSPS) is 40.1. The molecule has 4 fully saturated rings. The zero-order chi connectivity index (χ0) is 17.8. The first-order valence-corrected chi connectivity index (χ1v) is 9.33. The summed E-state index contributed by atoms with van der Waals surface area (Å²) in [5, 5.41) is 20.3. The van der Waals surface area contributed by atoms with Gasteiger partial charge in [-0.15, -0.1) is 0 Å². The van der Waals surface area contributed by atoms with Gasteiger partial charge in [-0.05, 0) is 55.3 Å². The summed E-state index contributed by atoms with van der Waals surface area (Å²) in [6, 6.07) is 0. The van der Waals surface area contributed by atoms with Gasteiger partial charge in [0.05, 0.1) is 25.4 Å². The molecule has 4 aliphatic carbocycles. The van der Waals surface area contributed by atoms with Gasteiger partial charge in [0.25, 0.3) is 5.92 Å². The van der Waals surface area contributed by atoms with Crippen molar-refractivity contribution in [3.05, 3.63) is 0 Å². The maximum atomic E-state index is 14.0. The molecular weight excluding hydrogens is 314 g/mol. The number of aliphatic hydroxyl groups is 2. The molecule has 140 valence electrons. The van der Waals surface area contributed by atoms with E-state index in [0.717, 1.165) is 32.1 Å². The van der Waals surface area contributed by atoms with Gasteiger partial charge in [-0.1, -0.05) is 20.8 Å². The van der Waals surface area contributed by atoms with Crippen LogP contribution in [0.5, 0.6) is 0 Å². The first-order chi connectivity index (χ1) is 11.0. The average molecular weight is 346 g/mol. The number of rotatable bonds is 6. The summed E-state index contributed by atoms with van der Waals surface area (Å²) < 4.78 is 33.8. The number of aliphatic hydroxyl groups excluding tert-OH is 2. The SMILES string of the molecule is CC(C)(C)C(F)(F)CC(O)COCC12CC3CC(C1)C(O)C(C3)C2. The van der Waals surface area contributed by atoms with Crippen molar-refractivity contribution in [3.63, 3.8) is 0 Å². The first-order valence-electron chi connectivity index (χ1n) is 9.33. The summed E-state index contributed by atoms with van der Waals surface area (Å²) in [6.07, 6.45) is 3.48. The maximum Gasteiger partial charge on any atom is 0.255 e. The van der Waals surface area contributed by atoms with Gasteiger partial charge < -0.3 is 14.9 Å². The minimum atomic E-state index is -2.92. The molecule has 4 bridgehead atoms. The third kappa shape index (κ3) is 3.49. The van der Waals surface area contributed by atoms with Gasteiger partial charge in [0.2, 0.25) is 0 Å². The monoisotopic (exact) mass is 346 g/mol. The van der Waals surface area contributed by atoms with Crippen LogP contribution >= 0.6 is 0 Å². The van der Waals surface area contributed by atoms with E-state index in [2.05, 4.69) is 0 Å². The second-order valence-corrected chi connectivity index (χ2v) is 9.79. The van der Waals surface area contributed by atoms with Crippen molar-refractivity contribution < 1.29 is 23.7 Å². The van der Waals surface area contributed by atoms with E-state index >= 15 is 0 Å². The van der Waals surface area contributed by atoms with Crippen molar-refractivity contribution in [1.29, 1.82) is 0 Å². The molecule has 0 amide bonds. The van der Waals surface area contributed by atoms with Gasteiger partial charge in [-0.3, -0.25) is 0 Å². The topological polar surface area (TPSA) is 49.7 Å². The van der Waals surface area contributed by atoms with Crippen molar-refractivity contribution in [2.45, 2.75) is 77.4 Å². The summed E-state index contributed by atoms with van der Waals surface area (Å²) in [5.41, 5.74) is -1.06. The highest BCUT2D eigenvalue weighted by atomic mass is 19.3. The van der Waals surface area contributed by atoms with Gasteiger partial charge in [-0.25, -0.2) is 8.78 Å². The molecule has 2 N–H and O–H groups in total.